The van der Waals surface area contributed by atoms with Crippen LogP contribution in [0.15, 0.2) is 51.3 Å². The van der Waals surface area contributed by atoms with Crippen LogP contribution < -0.4 is 0 Å². The molecule has 0 bridgehead atoms. The second-order valence-electron chi connectivity index (χ2n) is 7.05. The molecule has 3 aromatic heterocycles. The van der Waals surface area contributed by atoms with Gasteiger partial charge in [-0.05, 0) is 47.9 Å². The lowest BCUT2D eigenvalue weighted by atomic mass is 10.1. The van der Waals surface area contributed by atoms with Crippen molar-refractivity contribution in [3.05, 3.63) is 48.4 Å². The van der Waals surface area contributed by atoms with Crippen LogP contribution in [0.4, 0.5) is 4.39 Å². The van der Waals surface area contributed by atoms with E-state index in [0.29, 0.717) is 29.0 Å². The van der Waals surface area contributed by atoms with E-state index in [1.165, 1.54) is 41.6 Å². The monoisotopic (exact) mass is 462 g/mol. The summed E-state index contributed by atoms with van der Waals surface area (Å²) in [6.07, 6.45) is 2.56. The molecular formula is C19H15FN4O3S3. The topological polar surface area (TPSA) is 98.8 Å². The van der Waals surface area contributed by atoms with Crippen molar-refractivity contribution in [2.75, 3.05) is 11.5 Å². The van der Waals surface area contributed by atoms with Crippen molar-refractivity contribution in [2.45, 2.75) is 23.1 Å². The standard InChI is InChI=1S/C19H15FN4O3S3/c20-13-3-1-12(2-4-13)15-8-14-17(28-15)18(22-10-21-14)29-19-24-23-16(27-19)7-11-5-6-30(25,26)9-11/h1-4,8,10-11H,5-7,9H2. The Morgan fingerprint density at radius 1 is 1.20 bits per heavy atom. The first-order valence-corrected chi connectivity index (χ1v) is 12.6. The number of hydrogen-bond acceptors (Lipinski definition) is 9. The summed E-state index contributed by atoms with van der Waals surface area (Å²) in [7, 11) is -2.94. The zero-order chi connectivity index (χ0) is 20.7. The minimum absolute atomic E-state index is 0.0228. The Morgan fingerprint density at radius 3 is 2.80 bits per heavy atom. The molecule has 1 fully saturated rings. The molecule has 0 radical (unpaired) electrons. The van der Waals surface area contributed by atoms with Crippen molar-refractivity contribution in [1.29, 1.82) is 0 Å². The molecule has 1 aliphatic heterocycles. The molecule has 4 aromatic rings. The van der Waals surface area contributed by atoms with Crippen molar-refractivity contribution >= 4 is 43.2 Å². The molecule has 11 heteroatoms. The molecule has 0 N–H and O–H groups in total. The lowest BCUT2D eigenvalue weighted by Crippen LogP contribution is -2.07. The largest absolute Gasteiger partial charge is 0.416 e. The third-order valence-corrected chi connectivity index (χ3v) is 8.82. The van der Waals surface area contributed by atoms with Gasteiger partial charge < -0.3 is 4.42 Å². The lowest BCUT2D eigenvalue weighted by Gasteiger charge is -2.01. The van der Waals surface area contributed by atoms with Crippen molar-refractivity contribution < 1.29 is 17.2 Å². The van der Waals surface area contributed by atoms with E-state index >= 15 is 0 Å². The van der Waals surface area contributed by atoms with Gasteiger partial charge in [0.2, 0.25) is 5.89 Å². The van der Waals surface area contributed by atoms with E-state index in [9.17, 15) is 12.8 Å². The molecule has 154 valence electrons. The van der Waals surface area contributed by atoms with E-state index < -0.39 is 9.84 Å². The molecule has 1 saturated heterocycles. The summed E-state index contributed by atoms with van der Waals surface area (Å²) in [5, 5.41) is 9.17. The predicted octanol–water partition coefficient (Wildman–Crippen LogP) is 4.01. The minimum Gasteiger partial charge on any atom is -0.416 e. The van der Waals surface area contributed by atoms with Crippen LogP contribution in [-0.4, -0.2) is 40.1 Å². The van der Waals surface area contributed by atoms with Crippen LogP contribution >= 0.6 is 23.1 Å². The normalized spacial score (nSPS) is 18.2. The van der Waals surface area contributed by atoms with Gasteiger partial charge in [-0.25, -0.2) is 22.8 Å². The first-order chi connectivity index (χ1) is 14.4. The first kappa shape index (κ1) is 19.6. The van der Waals surface area contributed by atoms with Gasteiger partial charge in [0.1, 0.15) is 17.2 Å². The summed E-state index contributed by atoms with van der Waals surface area (Å²) in [5.41, 5.74) is 1.69. The van der Waals surface area contributed by atoms with Gasteiger partial charge in [0.15, 0.2) is 9.84 Å². The van der Waals surface area contributed by atoms with Crippen LogP contribution in [0.3, 0.4) is 0 Å². The number of hydrogen-bond donors (Lipinski definition) is 0. The average Bonchev–Trinajstić information content (AvgIpc) is 3.42. The summed E-state index contributed by atoms with van der Waals surface area (Å²) in [6.45, 7) is 0. The Kier molecular flexibility index (Phi) is 5.03. The maximum absolute atomic E-state index is 13.2. The number of thiophene rings is 1. The Hall–Kier alpha value is -2.37. The van der Waals surface area contributed by atoms with Crippen molar-refractivity contribution in [3.63, 3.8) is 0 Å². The summed E-state index contributed by atoms with van der Waals surface area (Å²) < 4.78 is 43.0. The molecule has 5 rings (SSSR count). The van der Waals surface area contributed by atoms with Gasteiger partial charge in [0.05, 0.1) is 21.7 Å². The maximum Gasteiger partial charge on any atom is 0.282 e. The molecule has 0 aliphatic carbocycles. The quantitative estimate of drug-likeness (QED) is 0.410. The molecule has 7 nitrogen and oxygen atoms in total. The fraction of sp³-hybridized carbons (Fsp3) is 0.263. The van der Waals surface area contributed by atoms with E-state index in [4.69, 9.17) is 4.42 Å². The Morgan fingerprint density at radius 2 is 2.03 bits per heavy atom. The van der Waals surface area contributed by atoms with Crippen LogP contribution in [0.1, 0.15) is 12.3 Å². The van der Waals surface area contributed by atoms with Crippen LogP contribution in [0.5, 0.6) is 0 Å². The second-order valence-corrected chi connectivity index (χ2v) is 11.3. The van der Waals surface area contributed by atoms with Crippen molar-refractivity contribution in [2.24, 2.45) is 5.92 Å². The summed E-state index contributed by atoms with van der Waals surface area (Å²) in [4.78, 5) is 9.63. The van der Waals surface area contributed by atoms with Gasteiger partial charge in [-0.15, -0.1) is 21.5 Å². The zero-order valence-corrected chi connectivity index (χ0v) is 17.9. The third-order valence-electron chi connectivity index (χ3n) is 4.83. The van der Waals surface area contributed by atoms with E-state index in [-0.39, 0.29) is 23.2 Å². The number of halogens is 1. The van der Waals surface area contributed by atoms with Crippen LogP contribution in [-0.2, 0) is 16.3 Å². The van der Waals surface area contributed by atoms with Crippen molar-refractivity contribution in [1.82, 2.24) is 20.2 Å². The molecule has 1 aliphatic rings. The molecule has 1 unspecified atom stereocenters. The number of benzene rings is 1. The van der Waals surface area contributed by atoms with E-state index in [1.54, 1.807) is 12.1 Å². The minimum atomic E-state index is -2.94. The highest BCUT2D eigenvalue weighted by Gasteiger charge is 2.29. The smallest absolute Gasteiger partial charge is 0.282 e. The van der Waals surface area contributed by atoms with Crippen LogP contribution in [0.2, 0.25) is 0 Å². The van der Waals surface area contributed by atoms with E-state index in [1.807, 2.05) is 6.07 Å². The fourth-order valence-corrected chi connectivity index (χ4v) is 7.18. The molecule has 1 aromatic carbocycles. The zero-order valence-electron chi connectivity index (χ0n) is 15.5. The van der Waals surface area contributed by atoms with Crippen LogP contribution in [0.25, 0.3) is 20.7 Å². The van der Waals surface area contributed by atoms with E-state index in [0.717, 1.165) is 20.7 Å². The highest BCUT2D eigenvalue weighted by atomic mass is 32.2. The Labute approximate surface area is 179 Å². The molecule has 1 atom stereocenters. The fourth-order valence-electron chi connectivity index (χ4n) is 3.39. The summed E-state index contributed by atoms with van der Waals surface area (Å²) in [6, 6.07) is 8.26. The van der Waals surface area contributed by atoms with Gasteiger partial charge in [-0.2, -0.15) is 0 Å². The number of nitrogens with zero attached hydrogens (tertiary/aromatic N) is 4. The van der Waals surface area contributed by atoms with Gasteiger partial charge >= 0.3 is 0 Å². The molecular weight excluding hydrogens is 447 g/mol. The number of rotatable bonds is 5. The molecule has 0 spiro atoms. The maximum atomic E-state index is 13.2. The highest BCUT2D eigenvalue weighted by molar-refractivity contribution is 7.99. The summed E-state index contributed by atoms with van der Waals surface area (Å²) in [5.74, 6) is 0.573. The number of fused-ring (bicyclic) bond motifs is 1. The Bertz CT molecular complexity index is 1320. The lowest BCUT2D eigenvalue weighted by molar-refractivity contribution is 0.389. The predicted molar refractivity (Wildman–Crippen MR) is 112 cm³/mol. The average molecular weight is 463 g/mol. The Balaban J connectivity index is 1.37. The third kappa shape index (κ3) is 4.09. The van der Waals surface area contributed by atoms with Gasteiger partial charge in [-0.1, -0.05) is 12.1 Å². The highest BCUT2D eigenvalue weighted by Crippen LogP contribution is 2.39. The molecule has 4 heterocycles. The van der Waals surface area contributed by atoms with Gasteiger partial charge in [0.25, 0.3) is 5.22 Å². The molecule has 30 heavy (non-hydrogen) atoms. The van der Waals surface area contributed by atoms with Crippen LogP contribution in [0, 0.1) is 11.7 Å². The summed E-state index contributed by atoms with van der Waals surface area (Å²) >= 11 is 2.76. The molecule has 0 amide bonds. The first-order valence-electron chi connectivity index (χ1n) is 9.16. The van der Waals surface area contributed by atoms with Crippen molar-refractivity contribution in [3.8, 4) is 10.4 Å². The second kappa shape index (κ2) is 7.71. The number of sulfone groups is 1. The van der Waals surface area contributed by atoms with Gasteiger partial charge in [-0.3, -0.25) is 0 Å². The molecule has 0 saturated carbocycles. The van der Waals surface area contributed by atoms with Gasteiger partial charge in [0, 0.05) is 11.3 Å². The number of aromatic nitrogens is 4. The SMILES string of the molecule is O=S1(=O)CCC(Cc2nnc(Sc3ncnc4cc(-c5ccc(F)cc5)sc34)o2)C1. The van der Waals surface area contributed by atoms with E-state index in [2.05, 4.69) is 20.2 Å².